The van der Waals surface area contributed by atoms with Crippen molar-refractivity contribution in [1.29, 1.82) is 0 Å². The first-order valence-electron chi connectivity index (χ1n) is 8.36. The number of anilines is 1. The van der Waals surface area contributed by atoms with Gasteiger partial charge < -0.3 is 4.84 Å². The SMILES string of the molecule is Cc1cccc(N(N)C(=O)N(C)N)c1C=NOCCCc1ccccc1. The lowest BCUT2D eigenvalue weighted by Gasteiger charge is -2.22. The maximum Gasteiger partial charge on any atom is 0.352 e. The number of amides is 2. The first-order chi connectivity index (χ1) is 12.5. The molecule has 0 fully saturated rings. The minimum absolute atomic E-state index is 0.503. The molecule has 0 spiro atoms. The topological polar surface area (TPSA) is 97.2 Å². The van der Waals surface area contributed by atoms with Crippen LogP contribution in [0.4, 0.5) is 10.5 Å². The van der Waals surface area contributed by atoms with E-state index < -0.39 is 6.03 Å². The summed E-state index contributed by atoms with van der Waals surface area (Å²) in [6, 6.07) is 15.1. The molecular weight excluding hydrogens is 330 g/mol. The molecule has 0 saturated heterocycles. The Morgan fingerprint density at radius 3 is 2.58 bits per heavy atom. The second-order valence-electron chi connectivity index (χ2n) is 5.93. The average molecular weight is 355 g/mol. The van der Waals surface area contributed by atoms with Crippen LogP contribution in [0.5, 0.6) is 0 Å². The van der Waals surface area contributed by atoms with Crippen molar-refractivity contribution in [1.82, 2.24) is 5.01 Å². The van der Waals surface area contributed by atoms with Gasteiger partial charge in [-0.15, -0.1) is 0 Å². The molecular formula is C19H25N5O2. The van der Waals surface area contributed by atoms with Crippen LogP contribution in [0.3, 0.4) is 0 Å². The molecule has 4 N–H and O–H groups in total. The van der Waals surface area contributed by atoms with Gasteiger partial charge in [-0.1, -0.05) is 47.6 Å². The molecule has 0 heterocycles. The van der Waals surface area contributed by atoms with Crippen LogP contribution in [0.2, 0.25) is 0 Å². The smallest absolute Gasteiger partial charge is 0.352 e. The highest BCUT2D eigenvalue weighted by Gasteiger charge is 2.17. The van der Waals surface area contributed by atoms with Gasteiger partial charge in [-0.2, -0.15) is 0 Å². The third-order valence-electron chi connectivity index (χ3n) is 3.87. The molecule has 0 aliphatic carbocycles. The minimum atomic E-state index is -0.533. The number of nitrogens with two attached hydrogens (primary N) is 2. The molecule has 0 aliphatic heterocycles. The molecule has 0 saturated carbocycles. The van der Waals surface area contributed by atoms with Gasteiger partial charge in [-0.3, -0.25) is 5.01 Å². The third-order valence-corrected chi connectivity index (χ3v) is 3.87. The van der Waals surface area contributed by atoms with E-state index in [2.05, 4.69) is 17.3 Å². The van der Waals surface area contributed by atoms with E-state index in [0.717, 1.165) is 28.4 Å². The van der Waals surface area contributed by atoms with Gasteiger partial charge in [0.2, 0.25) is 0 Å². The number of carbonyl (C=O) groups is 1. The van der Waals surface area contributed by atoms with Gasteiger partial charge in [0.15, 0.2) is 0 Å². The highest BCUT2D eigenvalue weighted by Crippen LogP contribution is 2.21. The normalized spacial score (nSPS) is 10.8. The van der Waals surface area contributed by atoms with Crippen LogP contribution in [-0.2, 0) is 11.3 Å². The van der Waals surface area contributed by atoms with E-state index in [4.69, 9.17) is 16.5 Å². The Bertz CT molecular complexity index is 747. The number of hydrogen-bond donors (Lipinski definition) is 2. The van der Waals surface area contributed by atoms with Crippen molar-refractivity contribution in [2.24, 2.45) is 16.8 Å². The zero-order valence-electron chi connectivity index (χ0n) is 15.1. The molecule has 0 radical (unpaired) electrons. The Balaban J connectivity index is 1.95. The molecule has 138 valence electrons. The summed E-state index contributed by atoms with van der Waals surface area (Å²) in [5.41, 5.74) is 3.39. The van der Waals surface area contributed by atoms with Crippen molar-refractivity contribution >= 4 is 17.9 Å². The van der Waals surface area contributed by atoms with E-state index in [9.17, 15) is 4.79 Å². The third kappa shape index (κ3) is 5.30. The number of urea groups is 1. The first-order valence-corrected chi connectivity index (χ1v) is 8.36. The highest BCUT2D eigenvalue weighted by molar-refractivity contribution is 5.98. The number of aryl methyl sites for hydroxylation is 2. The van der Waals surface area contributed by atoms with Gasteiger partial charge >= 0.3 is 6.03 Å². The van der Waals surface area contributed by atoms with E-state index in [0.29, 0.717) is 17.9 Å². The van der Waals surface area contributed by atoms with Crippen LogP contribution < -0.4 is 16.7 Å². The van der Waals surface area contributed by atoms with Crippen LogP contribution >= 0.6 is 0 Å². The summed E-state index contributed by atoms with van der Waals surface area (Å²) in [6.07, 6.45) is 3.36. The zero-order valence-corrected chi connectivity index (χ0v) is 15.1. The molecule has 0 aromatic heterocycles. The predicted molar refractivity (Wildman–Crippen MR) is 104 cm³/mol. The van der Waals surface area contributed by atoms with Gasteiger partial charge in [-0.25, -0.2) is 21.5 Å². The summed E-state index contributed by atoms with van der Waals surface area (Å²) in [5, 5.41) is 5.93. The van der Waals surface area contributed by atoms with Crippen molar-refractivity contribution < 1.29 is 9.63 Å². The van der Waals surface area contributed by atoms with Crippen LogP contribution in [0.15, 0.2) is 53.7 Å². The van der Waals surface area contributed by atoms with E-state index in [1.54, 1.807) is 12.3 Å². The summed E-state index contributed by atoms with van der Waals surface area (Å²) in [4.78, 5) is 17.3. The van der Waals surface area contributed by atoms with Crippen molar-refractivity contribution in [3.05, 3.63) is 65.2 Å². The van der Waals surface area contributed by atoms with Crippen LogP contribution in [0.1, 0.15) is 23.1 Å². The fraction of sp³-hybridized carbons (Fsp3) is 0.263. The molecule has 0 unspecified atom stereocenters. The van der Waals surface area contributed by atoms with Crippen molar-refractivity contribution in [3.8, 4) is 0 Å². The molecule has 2 rings (SSSR count). The maximum absolute atomic E-state index is 12.0. The highest BCUT2D eigenvalue weighted by atomic mass is 16.6. The monoisotopic (exact) mass is 355 g/mol. The number of carbonyl (C=O) groups excluding carboxylic acids is 1. The fourth-order valence-corrected chi connectivity index (χ4v) is 2.44. The molecule has 0 atom stereocenters. The number of hydrogen-bond acceptors (Lipinski definition) is 5. The molecule has 7 nitrogen and oxygen atoms in total. The average Bonchev–Trinajstić information content (AvgIpc) is 2.65. The second kappa shape index (κ2) is 9.55. The maximum atomic E-state index is 12.0. The van der Waals surface area contributed by atoms with Crippen molar-refractivity contribution in [2.45, 2.75) is 19.8 Å². The van der Waals surface area contributed by atoms with E-state index in [-0.39, 0.29) is 0 Å². The van der Waals surface area contributed by atoms with Gasteiger partial charge in [0.1, 0.15) is 6.61 Å². The lowest BCUT2D eigenvalue weighted by molar-refractivity contribution is 0.143. The lowest BCUT2D eigenvalue weighted by atomic mass is 10.1. The van der Waals surface area contributed by atoms with Gasteiger partial charge in [0.25, 0.3) is 0 Å². The minimum Gasteiger partial charge on any atom is -0.396 e. The number of nitrogens with zero attached hydrogens (tertiary/aromatic N) is 3. The fourth-order valence-electron chi connectivity index (χ4n) is 2.44. The van der Waals surface area contributed by atoms with Crippen LogP contribution in [0.25, 0.3) is 0 Å². The molecule has 2 aromatic carbocycles. The molecule has 26 heavy (non-hydrogen) atoms. The summed E-state index contributed by atoms with van der Waals surface area (Å²) in [6.45, 7) is 2.41. The van der Waals surface area contributed by atoms with Crippen molar-refractivity contribution in [3.63, 3.8) is 0 Å². The van der Waals surface area contributed by atoms with Crippen LogP contribution in [0, 0.1) is 6.92 Å². The Morgan fingerprint density at radius 2 is 1.88 bits per heavy atom. The Morgan fingerprint density at radius 1 is 1.15 bits per heavy atom. The van der Waals surface area contributed by atoms with E-state index in [1.165, 1.54) is 12.6 Å². The first kappa shape index (κ1) is 19.4. The number of benzene rings is 2. The van der Waals surface area contributed by atoms with Gasteiger partial charge in [0.05, 0.1) is 11.9 Å². The van der Waals surface area contributed by atoms with Crippen molar-refractivity contribution in [2.75, 3.05) is 18.7 Å². The second-order valence-corrected chi connectivity index (χ2v) is 5.93. The Labute approximate surface area is 153 Å². The summed E-state index contributed by atoms with van der Waals surface area (Å²) in [7, 11) is 1.43. The summed E-state index contributed by atoms with van der Waals surface area (Å²) >= 11 is 0. The van der Waals surface area contributed by atoms with Gasteiger partial charge in [-0.05, 0) is 37.0 Å². The van der Waals surface area contributed by atoms with Gasteiger partial charge in [0, 0.05) is 12.6 Å². The number of oxime groups is 1. The Kier molecular flexibility index (Phi) is 7.13. The molecule has 2 aromatic rings. The number of hydrazine groups is 2. The predicted octanol–water partition coefficient (Wildman–Crippen LogP) is 2.58. The largest absolute Gasteiger partial charge is 0.396 e. The zero-order chi connectivity index (χ0) is 18.9. The summed E-state index contributed by atoms with van der Waals surface area (Å²) < 4.78 is 0. The molecule has 2 amide bonds. The molecule has 0 bridgehead atoms. The number of rotatable bonds is 7. The van der Waals surface area contributed by atoms with E-state index >= 15 is 0 Å². The molecule has 0 aliphatic rings. The van der Waals surface area contributed by atoms with E-state index in [1.807, 2.05) is 37.3 Å². The summed E-state index contributed by atoms with van der Waals surface area (Å²) in [5.74, 6) is 11.4. The van der Waals surface area contributed by atoms with Crippen LogP contribution in [-0.4, -0.2) is 30.9 Å². The quantitative estimate of drug-likeness (QED) is 0.262. The Hall–Kier alpha value is -2.90. The molecule has 7 heteroatoms. The standard InChI is InChI=1S/C19H25N5O2/c1-15-8-6-12-18(24(21)19(25)23(2)20)17(15)14-22-26-13-7-11-16-9-4-3-5-10-16/h3-6,8-10,12,14H,7,11,13,20-21H2,1-2H3. The lowest BCUT2D eigenvalue weighted by Crippen LogP contribution is -2.49.